The lowest BCUT2D eigenvalue weighted by Gasteiger charge is -2.11. The second-order valence-corrected chi connectivity index (χ2v) is 5.21. The van der Waals surface area contributed by atoms with Crippen LogP contribution in [0.2, 0.25) is 0 Å². The largest absolute Gasteiger partial charge is 0.464 e. The Morgan fingerprint density at radius 2 is 2.05 bits per heavy atom. The summed E-state index contributed by atoms with van der Waals surface area (Å²) >= 11 is 0. The number of rotatable bonds is 5. The van der Waals surface area contributed by atoms with Crippen molar-refractivity contribution in [2.24, 2.45) is 0 Å². The normalized spacial score (nSPS) is 17.9. The summed E-state index contributed by atoms with van der Waals surface area (Å²) in [6.07, 6.45) is 0.549. The Morgan fingerprint density at radius 1 is 1.35 bits per heavy atom. The molecule has 20 heavy (non-hydrogen) atoms. The molecule has 5 heteroatoms. The summed E-state index contributed by atoms with van der Waals surface area (Å²) < 4.78 is 4.79. The summed E-state index contributed by atoms with van der Waals surface area (Å²) in [6, 6.07) is 7.49. The van der Waals surface area contributed by atoms with Gasteiger partial charge in [-0.1, -0.05) is 26.0 Å². The molecule has 0 saturated carbocycles. The van der Waals surface area contributed by atoms with Gasteiger partial charge in [-0.2, -0.15) is 0 Å². The zero-order valence-corrected chi connectivity index (χ0v) is 11.8. The summed E-state index contributed by atoms with van der Waals surface area (Å²) in [5.41, 5.74) is 2.15. The van der Waals surface area contributed by atoms with Gasteiger partial charge >= 0.3 is 5.97 Å². The van der Waals surface area contributed by atoms with E-state index in [0.29, 0.717) is 18.9 Å². The molecular weight excluding hydrogens is 256 g/mol. The van der Waals surface area contributed by atoms with Gasteiger partial charge in [0.15, 0.2) is 0 Å². The molecular formula is C15H20N2O3. The number of carbonyl (C=O) groups excluding carboxylic acids is 2. The summed E-state index contributed by atoms with van der Waals surface area (Å²) in [5.74, 6) is -0.0675. The summed E-state index contributed by atoms with van der Waals surface area (Å²) in [4.78, 5) is 22.9. The van der Waals surface area contributed by atoms with E-state index >= 15 is 0 Å². The van der Waals surface area contributed by atoms with Crippen molar-refractivity contribution in [1.29, 1.82) is 0 Å². The predicted molar refractivity (Wildman–Crippen MR) is 76.5 cm³/mol. The van der Waals surface area contributed by atoms with E-state index in [-0.39, 0.29) is 18.4 Å². The lowest BCUT2D eigenvalue weighted by atomic mass is 10.0. The molecule has 2 N–H and O–H groups in total. The number of hydrogen-bond donors (Lipinski definition) is 2. The Bertz CT molecular complexity index is 482. The highest BCUT2D eigenvalue weighted by Gasteiger charge is 2.27. The van der Waals surface area contributed by atoms with Crippen LogP contribution in [0.3, 0.4) is 0 Å². The summed E-state index contributed by atoms with van der Waals surface area (Å²) in [5, 5.41) is 5.69. The fraction of sp³-hybridized carbons (Fsp3) is 0.467. The molecule has 1 aromatic rings. The second-order valence-electron chi connectivity index (χ2n) is 5.21. The highest BCUT2D eigenvalue weighted by Crippen LogP contribution is 2.16. The number of anilines is 1. The first-order valence-electron chi connectivity index (χ1n) is 6.86. The van der Waals surface area contributed by atoms with Crippen molar-refractivity contribution in [2.75, 3.05) is 18.5 Å². The van der Waals surface area contributed by atoms with E-state index in [1.807, 2.05) is 24.3 Å². The molecule has 0 bridgehead atoms. The molecule has 5 nitrogen and oxygen atoms in total. The molecule has 1 fully saturated rings. The van der Waals surface area contributed by atoms with E-state index in [0.717, 1.165) is 5.69 Å². The molecule has 1 amide bonds. The van der Waals surface area contributed by atoms with E-state index in [2.05, 4.69) is 24.5 Å². The van der Waals surface area contributed by atoms with Gasteiger partial charge in [-0.25, -0.2) is 4.79 Å². The Labute approximate surface area is 118 Å². The van der Waals surface area contributed by atoms with Gasteiger partial charge in [0.2, 0.25) is 5.91 Å². The maximum Gasteiger partial charge on any atom is 0.328 e. The van der Waals surface area contributed by atoms with E-state index in [1.54, 1.807) is 0 Å². The first-order chi connectivity index (χ1) is 9.56. The summed E-state index contributed by atoms with van der Waals surface area (Å²) in [7, 11) is 0. The van der Waals surface area contributed by atoms with Crippen LogP contribution in [0.5, 0.6) is 0 Å². The standard InChI is InChI=1S/C15H20N2O3/c1-10(2)11-3-5-12(6-4-11)16-9-14(18)17-13-7-8-20-15(13)19/h3-6,10,13,16H,7-9H2,1-2H3,(H,17,18)/t13-/m0/s1. The Kier molecular flexibility index (Phi) is 4.61. The molecule has 108 valence electrons. The molecule has 2 rings (SSSR count). The number of benzene rings is 1. The van der Waals surface area contributed by atoms with Gasteiger partial charge in [0.1, 0.15) is 6.04 Å². The molecule has 1 aromatic carbocycles. The average molecular weight is 276 g/mol. The fourth-order valence-electron chi connectivity index (χ4n) is 2.04. The monoisotopic (exact) mass is 276 g/mol. The number of ether oxygens (including phenoxy) is 1. The smallest absolute Gasteiger partial charge is 0.328 e. The third kappa shape index (κ3) is 3.73. The van der Waals surface area contributed by atoms with Gasteiger partial charge in [0.25, 0.3) is 0 Å². The molecule has 0 radical (unpaired) electrons. The van der Waals surface area contributed by atoms with Crippen molar-refractivity contribution in [2.45, 2.75) is 32.2 Å². The van der Waals surface area contributed by atoms with Crippen LogP contribution in [0.1, 0.15) is 31.7 Å². The van der Waals surface area contributed by atoms with Gasteiger partial charge < -0.3 is 15.4 Å². The SMILES string of the molecule is CC(C)c1ccc(NCC(=O)N[C@H]2CCOC2=O)cc1. The third-order valence-corrected chi connectivity index (χ3v) is 3.30. The minimum absolute atomic E-state index is 0.144. The van der Waals surface area contributed by atoms with E-state index in [9.17, 15) is 9.59 Å². The first kappa shape index (κ1) is 14.4. The third-order valence-electron chi connectivity index (χ3n) is 3.30. The maximum absolute atomic E-state index is 11.7. The molecule has 1 aliphatic heterocycles. The van der Waals surface area contributed by atoms with Crippen molar-refractivity contribution in [1.82, 2.24) is 5.32 Å². The van der Waals surface area contributed by atoms with Crippen molar-refractivity contribution >= 4 is 17.6 Å². The van der Waals surface area contributed by atoms with Crippen LogP contribution in [-0.2, 0) is 14.3 Å². The molecule has 0 aromatic heterocycles. The van der Waals surface area contributed by atoms with Crippen LogP contribution in [0.25, 0.3) is 0 Å². The Hall–Kier alpha value is -2.04. The molecule has 0 spiro atoms. The molecule has 0 aliphatic carbocycles. The Balaban J connectivity index is 1.79. The van der Waals surface area contributed by atoms with Crippen LogP contribution in [0, 0.1) is 0 Å². The van der Waals surface area contributed by atoms with Crippen molar-refractivity contribution in [3.8, 4) is 0 Å². The van der Waals surface area contributed by atoms with E-state index in [1.165, 1.54) is 5.56 Å². The van der Waals surface area contributed by atoms with Crippen molar-refractivity contribution in [3.05, 3.63) is 29.8 Å². The van der Waals surface area contributed by atoms with Gasteiger partial charge in [-0.3, -0.25) is 4.79 Å². The number of cyclic esters (lactones) is 1. The number of nitrogens with one attached hydrogen (secondary N) is 2. The zero-order chi connectivity index (χ0) is 14.5. The van der Waals surface area contributed by atoms with Gasteiger partial charge in [0, 0.05) is 12.1 Å². The van der Waals surface area contributed by atoms with Gasteiger partial charge in [-0.05, 0) is 23.6 Å². The van der Waals surface area contributed by atoms with Crippen molar-refractivity contribution in [3.63, 3.8) is 0 Å². The number of hydrogen-bond acceptors (Lipinski definition) is 4. The fourth-order valence-corrected chi connectivity index (χ4v) is 2.04. The number of carbonyl (C=O) groups is 2. The molecule has 1 atom stereocenters. The molecule has 1 aliphatic rings. The van der Waals surface area contributed by atoms with E-state index < -0.39 is 6.04 Å². The van der Waals surface area contributed by atoms with Gasteiger partial charge in [-0.15, -0.1) is 0 Å². The lowest BCUT2D eigenvalue weighted by molar-refractivity contribution is -0.141. The number of esters is 1. The van der Waals surface area contributed by atoms with Crippen LogP contribution < -0.4 is 10.6 Å². The minimum atomic E-state index is -0.493. The summed E-state index contributed by atoms with van der Waals surface area (Å²) in [6.45, 7) is 4.80. The zero-order valence-electron chi connectivity index (χ0n) is 11.8. The molecule has 0 unspecified atom stereocenters. The molecule has 1 saturated heterocycles. The van der Waals surface area contributed by atoms with Crippen molar-refractivity contribution < 1.29 is 14.3 Å². The first-order valence-corrected chi connectivity index (χ1v) is 6.86. The number of amides is 1. The maximum atomic E-state index is 11.7. The van der Waals surface area contributed by atoms with Gasteiger partial charge in [0.05, 0.1) is 13.2 Å². The highest BCUT2D eigenvalue weighted by molar-refractivity contribution is 5.87. The second kappa shape index (κ2) is 6.41. The topological polar surface area (TPSA) is 67.4 Å². The Morgan fingerprint density at radius 3 is 2.60 bits per heavy atom. The van der Waals surface area contributed by atoms with Crippen LogP contribution in [-0.4, -0.2) is 31.1 Å². The predicted octanol–water partition coefficient (Wildman–Crippen LogP) is 1.65. The molecule has 1 heterocycles. The average Bonchev–Trinajstić information content (AvgIpc) is 2.82. The van der Waals surface area contributed by atoms with Crippen LogP contribution in [0.15, 0.2) is 24.3 Å². The van der Waals surface area contributed by atoms with E-state index in [4.69, 9.17) is 4.74 Å². The van der Waals surface area contributed by atoms with Crippen LogP contribution in [0.4, 0.5) is 5.69 Å². The van der Waals surface area contributed by atoms with Crippen LogP contribution >= 0.6 is 0 Å². The highest BCUT2D eigenvalue weighted by atomic mass is 16.5. The quantitative estimate of drug-likeness (QED) is 0.803. The minimum Gasteiger partial charge on any atom is -0.464 e. The lowest BCUT2D eigenvalue weighted by Crippen LogP contribution is -2.40.